The summed E-state index contributed by atoms with van der Waals surface area (Å²) in [5.41, 5.74) is 0. The Morgan fingerprint density at radius 2 is 2.33 bits per heavy atom. The molecule has 0 aliphatic carbocycles. The molecule has 0 radical (unpaired) electrons. The molecule has 0 spiro atoms. The van der Waals surface area contributed by atoms with E-state index in [0.717, 1.165) is 18.9 Å². The molecule has 0 aromatic carbocycles. The summed E-state index contributed by atoms with van der Waals surface area (Å²) in [4.78, 5) is 17.2. The van der Waals surface area contributed by atoms with Crippen molar-refractivity contribution in [1.29, 1.82) is 0 Å². The summed E-state index contributed by atoms with van der Waals surface area (Å²) >= 11 is 0. The SMILES string of the molecule is CN1CCn2ccnc2CC1=O. The molecule has 1 aliphatic rings. The zero-order valence-corrected chi connectivity index (χ0v) is 7.03. The first-order valence-electron chi connectivity index (χ1n) is 4.01. The molecular formula is C8H11N3O. The Hall–Kier alpha value is -1.32. The van der Waals surface area contributed by atoms with Crippen LogP contribution in [0.2, 0.25) is 0 Å². The monoisotopic (exact) mass is 165 g/mol. The van der Waals surface area contributed by atoms with Crippen LogP contribution < -0.4 is 0 Å². The van der Waals surface area contributed by atoms with Crippen molar-refractivity contribution >= 4 is 5.91 Å². The Morgan fingerprint density at radius 1 is 1.50 bits per heavy atom. The maximum absolute atomic E-state index is 11.3. The molecule has 0 fully saturated rings. The van der Waals surface area contributed by atoms with Gasteiger partial charge in [0.25, 0.3) is 0 Å². The van der Waals surface area contributed by atoms with E-state index in [1.165, 1.54) is 0 Å². The van der Waals surface area contributed by atoms with Gasteiger partial charge in [-0.2, -0.15) is 0 Å². The first-order valence-corrected chi connectivity index (χ1v) is 4.01. The fourth-order valence-electron chi connectivity index (χ4n) is 1.36. The number of carbonyl (C=O) groups is 1. The van der Waals surface area contributed by atoms with Gasteiger partial charge in [0, 0.05) is 32.5 Å². The van der Waals surface area contributed by atoms with Gasteiger partial charge >= 0.3 is 0 Å². The standard InChI is InChI=1S/C8H11N3O/c1-10-4-5-11-3-2-9-7(11)6-8(10)12/h2-3H,4-6H2,1H3. The minimum atomic E-state index is 0.153. The van der Waals surface area contributed by atoms with E-state index in [1.54, 1.807) is 11.1 Å². The van der Waals surface area contributed by atoms with Gasteiger partial charge in [-0.15, -0.1) is 0 Å². The highest BCUT2D eigenvalue weighted by Crippen LogP contribution is 2.05. The lowest BCUT2D eigenvalue weighted by Gasteiger charge is -2.12. The lowest BCUT2D eigenvalue weighted by atomic mass is 10.4. The van der Waals surface area contributed by atoms with Crippen LogP contribution in [0.15, 0.2) is 12.4 Å². The third kappa shape index (κ3) is 1.09. The van der Waals surface area contributed by atoms with Crippen LogP contribution in [0.25, 0.3) is 0 Å². The average molecular weight is 165 g/mol. The number of fused-ring (bicyclic) bond motifs is 1. The summed E-state index contributed by atoms with van der Waals surface area (Å²) in [6.45, 7) is 1.64. The molecule has 1 aliphatic heterocycles. The van der Waals surface area contributed by atoms with E-state index in [2.05, 4.69) is 4.98 Å². The molecule has 1 aromatic rings. The van der Waals surface area contributed by atoms with Crippen molar-refractivity contribution in [2.45, 2.75) is 13.0 Å². The molecule has 4 heteroatoms. The molecule has 0 atom stereocenters. The smallest absolute Gasteiger partial charge is 0.229 e. The van der Waals surface area contributed by atoms with Crippen molar-refractivity contribution in [3.63, 3.8) is 0 Å². The normalized spacial score (nSPS) is 17.4. The van der Waals surface area contributed by atoms with Gasteiger partial charge in [0.15, 0.2) is 0 Å². The molecule has 12 heavy (non-hydrogen) atoms. The lowest BCUT2D eigenvalue weighted by Crippen LogP contribution is -2.27. The fraction of sp³-hybridized carbons (Fsp3) is 0.500. The second kappa shape index (κ2) is 2.62. The van der Waals surface area contributed by atoms with Crippen molar-refractivity contribution in [3.8, 4) is 0 Å². The molecule has 2 rings (SSSR count). The number of aromatic nitrogens is 2. The largest absolute Gasteiger partial charge is 0.344 e. The van der Waals surface area contributed by atoms with E-state index in [9.17, 15) is 4.79 Å². The van der Waals surface area contributed by atoms with Crippen molar-refractivity contribution in [2.24, 2.45) is 0 Å². The summed E-state index contributed by atoms with van der Waals surface area (Å²) in [6.07, 6.45) is 4.10. The second-order valence-electron chi connectivity index (χ2n) is 3.03. The summed E-state index contributed by atoms with van der Waals surface area (Å²) in [5, 5.41) is 0. The summed E-state index contributed by atoms with van der Waals surface area (Å²) in [6, 6.07) is 0. The predicted octanol–water partition coefficient (Wildman–Crippen LogP) is -0.102. The fourth-order valence-corrected chi connectivity index (χ4v) is 1.36. The number of carbonyl (C=O) groups excluding carboxylic acids is 1. The molecule has 0 unspecified atom stereocenters. The number of hydrogen-bond acceptors (Lipinski definition) is 2. The highest BCUT2D eigenvalue weighted by molar-refractivity contribution is 5.78. The first kappa shape index (κ1) is 7.34. The summed E-state index contributed by atoms with van der Waals surface area (Å²) in [7, 11) is 1.83. The van der Waals surface area contributed by atoms with E-state index in [4.69, 9.17) is 0 Å². The Morgan fingerprint density at radius 3 is 3.17 bits per heavy atom. The van der Waals surface area contributed by atoms with Crippen LogP contribution in [-0.2, 0) is 17.8 Å². The van der Waals surface area contributed by atoms with Gasteiger partial charge in [0.05, 0.1) is 6.42 Å². The Kier molecular flexibility index (Phi) is 1.60. The minimum absolute atomic E-state index is 0.153. The van der Waals surface area contributed by atoms with Gasteiger partial charge in [-0.1, -0.05) is 0 Å². The van der Waals surface area contributed by atoms with Gasteiger partial charge in [-0.3, -0.25) is 4.79 Å². The van der Waals surface area contributed by atoms with Crippen LogP contribution >= 0.6 is 0 Å². The summed E-state index contributed by atoms with van der Waals surface area (Å²) in [5.74, 6) is 1.03. The van der Waals surface area contributed by atoms with Gasteiger partial charge in [-0.25, -0.2) is 4.98 Å². The van der Waals surface area contributed by atoms with Crippen LogP contribution in [-0.4, -0.2) is 34.0 Å². The Balaban J connectivity index is 2.30. The first-order chi connectivity index (χ1) is 5.77. The van der Waals surface area contributed by atoms with Crippen LogP contribution in [0.5, 0.6) is 0 Å². The number of nitrogens with zero attached hydrogens (tertiary/aromatic N) is 3. The maximum atomic E-state index is 11.3. The molecule has 4 nitrogen and oxygen atoms in total. The quantitative estimate of drug-likeness (QED) is 0.538. The van der Waals surface area contributed by atoms with E-state index >= 15 is 0 Å². The van der Waals surface area contributed by atoms with Gasteiger partial charge in [-0.05, 0) is 0 Å². The molecule has 0 bridgehead atoms. The lowest BCUT2D eigenvalue weighted by molar-refractivity contribution is -0.128. The number of hydrogen-bond donors (Lipinski definition) is 0. The number of imidazole rings is 1. The molecule has 0 saturated heterocycles. The van der Waals surface area contributed by atoms with Crippen LogP contribution in [0, 0.1) is 0 Å². The third-order valence-corrected chi connectivity index (χ3v) is 2.21. The van der Waals surface area contributed by atoms with Crippen LogP contribution in [0.1, 0.15) is 5.82 Å². The van der Waals surface area contributed by atoms with Gasteiger partial charge < -0.3 is 9.47 Å². The molecular weight excluding hydrogens is 154 g/mol. The predicted molar refractivity (Wildman–Crippen MR) is 43.6 cm³/mol. The van der Waals surface area contributed by atoms with E-state index in [0.29, 0.717) is 6.42 Å². The molecule has 2 heterocycles. The zero-order valence-electron chi connectivity index (χ0n) is 7.03. The highest BCUT2D eigenvalue weighted by atomic mass is 16.2. The minimum Gasteiger partial charge on any atom is -0.344 e. The Bertz CT molecular complexity index is 305. The van der Waals surface area contributed by atoms with Crippen molar-refractivity contribution < 1.29 is 4.79 Å². The van der Waals surface area contributed by atoms with E-state index in [1.807, 2.05) is 17.8 Å². The highest BCUT2D eigenvalue weighted by Gasteiger charge is 2.17. The topological polar surface area (TPSA) is 38.1 Å². The molecule has 0 N–H and O–H groups in total. The van der Waals surface area contributed by atoms with Crippen molar-refractivity contribution in [3.05, 3.63) is 18.2 Å². The van der Waals surface area contributed by atoms with Gasteiger partial charge in [0.2, 0.25) is 5.91 Å². The van der Waals surface area contributed by atoms with Gasteiger partial charge in [0.1, 0.15) is 5.82 Å². The molecule has 64 valence electrons. The number of likely N-dealkylation sites (N-methyl/N-ethyl adjacent to an activating group) is 1. The second-order valence-corrected chi connectivity index (χ2v) is 3.03. The Labute approximate surface area is 70.8 Å². The van der Waals surface area contributed by atoms with E-state index < -0.39 is 0 Å². The number of rotatable bonds is 0. The molecule has 1 amide bonds. The molecule has 0 saturated carbocycles. The number of amides is 1. The third-order valence-electron chi connectivity index (χ3n) is 2.21. The van der Waals surface area contributed by atoms with Crippen LogP contribution in [0.3, 0.4) is 0 Å². The van der Waals surface area contributed by atoms with E-state index in [-0.39, 0.29) is 5.91 Å². The zero-order chi connectivity index (χ0) is 8.55. The van der Waals surface area contributed by atoms with Crippen molar-refractivity contribution in [1.82, 2.24) is 14.5 Å². The average Bonchev–Trinajstić information content (AvgIpc) is 2.43. The maximum Gasteiger partial charge on any atom is 0.229 e. The van der Waals surface area contributed by atoms with Crippen LogP contribution in [0.4, 0.5) is 0 Å². The summed E-state index contributed by atoms with van der Waals surface area (Å²) < 4.78 is 2.03. The molecule has 1 aromatic heterocycles. The van der Waals surface area contributed by atoms with Crippen molar-refractivity contribution in [2.75, 3.05) is 13.6 Å².